The van der Waals surface area contributed by atoms with Gasteiger partial charge in [0.25, 0.3) is 0 Å². The molecule has 0 fully saturated rings. The van der Waals surface area contributed by atoms with Crippen LogP contribution in [0, 0.1) is 0 Å². The maximum atomic E-state index is 11.0. The number of benzene rings is 1. The minimum absolute atomic E-state index is 0.286. The molecule has 0 atom stereocenters. The van der Waals surface area contributed by atoms with Gasteiger partial charge in [0.15, 0.2) is 0 Å². The summed E-state index contributed by atoms with van der Waals surface area (Å²) in [6, 6.07) is 7.81. The Morgan fingerprint density at radius 3 is 2.65 bits per heavy atom. The Kier molecular flexibility index (Phi) is 8.15. The third-order valence-electron chi connectivity index (χ3n) is 2.63. The molecule has 1 aromatic rings. The first-order valence-electron chi connectivity index (χ1n) is 6.80. The molecule has 0 saturated heterocycles. The summed E-state index contributed by atoms with van der Waals surface area (Å²) in [5, 5.41) is 0. The van der Waals surface area contributed by atoms with E-state index in [1.165, 1.54) is 6.08 Å². The number of ether oxygens (including phenoxy) is 3. The van der Waals surface area contributed by atoms with Crippen molar-refractivity contribution in [2.75, 3.05) is 20.3 Å². The molecule has 0 bridgehead atoms. The van der Waals surface area contributed by atoms with Crippen molar-refractivity contribution < 1.29 is 19.0 Å². The second-order valence-electron chi connectivity index (χ2n) is 4.20. The van der Waals surface area contributed by atoms with Crippen LogP contribution in [0.1, 0.15) is 25.3 Å². The second kappa shape index (κ2) is 10.0. The highest BCUT2D eigenvalue weighted by Crippen LogP contribution is 2.12. The van der Waals surface area contributed by atoms with E-state index in [0.717, 1.165) is 24.2 Å². The van der Waals surface area contributed by atoms with Crippen LogP contribution in [-0.2, 0) is 20.9 Å². The lowest BCUT2D eigenvalue weighted by Gasteiger charge is -2.04. The maximum Gasteiger partial charge on any atom is 0.330 e. The Morgan fingerprint density at radius 2 is 2.00 bits per heavy atom. The molecule has 0 aliphatic carbocycles. The zero-order chi connectivity index (χ0) is 14.6. The van der Waals surface area contributed by atoms with Crippen LogP contribution >= 0.6 is 0 Å². The first kappa shape index (κ1) is 16.2. The van der Waals surface area contributed by atoms with Crippen LogP contribution in [0.2, 0.25) is 0 Å². The summed E-state index contributed by atoms with van der Waals surface area (Å²) >= 11 is 0. The van der Waals surface area contributed by atoms with Gasteiger partial charge in [-0.3, -0.25) is 0 Å². The summed E-state index contributed by atoms with van der Waals surface area (Å²) in [6.07, 6.45) is 4.97. The van der Waals surface area contributed by atoms with Crippen LogP contribution in [0.3, 0.4) is 0 Å². The predicted molar refractivity (Wildman–Crippen MR) is 77.7 cm³/mol. The molecule has 0 amide bonds. The number of methoxy groups -OCH3 is 1. The number of esters is 1. The first-order chi connectivity index (χ1) is 9.76. The Hall–Kier alpha value is -1.81. The number of hydrogen-bond donors (Lipinski definition) is 0. The van der Waals surface area contributed by atoms with E-state index in [-0.39, 0.29) is 5.97 Å². The molecule has 0 unspecified atom stereocenters. The summed E-state index contributed by atoms with van der Waals surface area (Å²) in [7, 11) is 1.65. The largest absolute Gasteiger partial charge is 0.497 e. The summed E-state index contributed by atoms with van der Waals surface area (Å²) in [4.78, 5) is 11.0. The molecule has 0 radical (unpaired) electrons. The Morgan fingerprint density at radius 1 is 1.25 bits per heavy atom. The lowest BCUT2D eigenvalue weighted by Crippen LogP contribution is -1.99. The fourth-order valence-electron chi connectivity index (χ4n) is 1.58. The highest BCUT2D eigenvalue weighted by Gasteiger charge is 1.95. The minimum Gasteiger partial charge on any atom is -0.497 e. The van der Waals surface area contributed by atoms with Gasteiger partial charge in [-0.1, -0.05) is 18.2 Å². The van der Waals surface area contributed by atoms with Crippen LogP contribution in [0.25, 0.3) is 0 Å². The second-order valence-corrected chi connectivity index (χ2v) is 4.20. The van der Waals surface area contributed by atoms with Crippen LogP contribution in [0.5, 0.6) is 5.75 Å². The normalized spacial score (nSPS) is 10.7. The molecule has 0 aromatic heterocycles. The van der Waals surface area contributed by atoms with Crippen molar-refractivity contribution in [3.8, 4) is 5.75 Å². The molecule has 0 spiro atoms. The molecule has 1 aromatic carbocycles. The van der Waals surface area contributed by atoms with Gasteiger partial charge in [-0.2, -0.15) is 0 Å². The highest BCUT2D eigenvalue weighted by atomic mass is 16.5. The van der Waals surface area contributed by atoms with Crippen molar-refractivity contribution >= 4 is 5.97 Å². The molecule has 0 N–H and O–H groups in total. The molecule has 4 nitrogen and oxygen atoms in total. The standard InChI is InChI=1S/C16H22O4/c1-3-20-16(17)7-5-4-6-12-19-13-14-8-10-15(18-2)11-9-14/h5,7-11H,3-4,6,12-13H2,1-2H3/b7-5+. The zero-order valence-corrected chi connectivity index (χ0v) is 12.1. The molecule has 0 heterocycles. The minimum atomic E-state index is -0.286. The van der Waals surface area contributed by atoms with Gasteiger partial charge in [0.05, 0.1) is 20.3 Å². The van der Waals surface area contributed by atoms with Crippen molar-refractivity contribution in [2.24, 2.45) is 0 Å². The van der Waals surface area contributed by atoms with E-state index in [2.05, 4.69) is 0 Å². The van der Waals surface area contributed by atoms with E-state index in [1.54, 1.807) is 14.0 Å². The number of allylic oxidation sites excluding steroid dienone is 1. The molecular formula is C16H22O4. The van der Waals surface area contributed by atoms with Crippen molar-refractivity contribution in [3.05, 3.63) is 42.0 Å². The van der Waals surface area contributed by atoms with E-state index >= 15 is 0 Å². The number of rotatable bonds is 9. The monoisotopic (exact) mass is 278 g/mol. The Labute approximate surface area is 120 Å². The van der Waals surface area contributed by atoms with Gasteiger partial charge < -0.3 is 14.2 Å². The number of carbonyl (C=O) groups excluding carboxylic acids is 1. The summed E-state index contributed by atoms with van der Waals surface area (Å²) in [6.45, 7) is 3.46. The maximum absolute atomic E-state index is 11.0. The summed E-state index contributed by atoms with van der Waals surface area (Å²) < 4.78 is 15.4. The topological polar surface area (TPSA) is 44.8 Å². The molecule has 20 heavy (non-hydrogen) atoms. The van der Waals surface area contributed by atoms with Gasteiger partial charge >= 0.3 is 5.97 Å². The quantitative estimate of drug-likeness (QED) is 0.395. The number of hydrogen-bond acceptors (Lipinski definition) is 4. The average molecular weight is 278 g/mol. The summed E-state index contributed by atoms with van der Waals surface area (Å²) in [5.41, 5.74) is 1.12. The molecular weight excluding hydrogens is 256 g/mol. The molecule has 0 saturated carbocycles. The molecule has 0 aliphatic heterocycles. The third kappa shape index (κ3) is 6.95. The van der Waals surface area contributed by atoms with Crippen molar-refractivity contribution in [2.45, 2.75) is 26.4 Å². The predicted octanol–water partition coefficient (Wildman–Crippen LogP) is 3.11. The van der Waals surface area contributed by atoms with Gasteiger partial charge in [0.1, 0.15) is 5.75 Å². The lowest BCUT2D eigenvalue weighted by atomic mass is 10.2. The molecule has 1 rings (SSSR count). The Bertz CT molecular complexity index is 409. The third-order valence-corrected chi connectivity index (χ3v) is 2.63. The highest BCUT2D eigenvalue weighted by molar-refractivity contribution is 5.81. The van der Waals surface area contributed by atoms with Gasteiger partial charge in [0.2, 0.25) is 0 Å². The molecule has 110 valence electrons. The fourth-order valence-corrected chi connectivity index (χ4v) is 1.58. The average Bonchev–Trinajstić information content (AvgIpc) is 2.47. The van der Waals surface area contributed by atoms with Crippen molar-refractivity contribution in [3.63, 3.8) is 0 Å². The molecule has 4 heteroatoms. The van der Waals surface area contributed by atoms with Crippen LogP contribution in [0.15, 0.2) is 36.4 Å². The van der Waals surface area contributed by atoms with Gasteiger partial charge in [-0.15, -0.1) is 0 Å². The molecule has 0 aliphatic rings. The SMILES string of the molecule is CCOC(=O)/C=C/CCCOCc1ccc(OC)cc1. The van der Waals surface area contributed by atoms with Crippen LogP contribution in [-0.4, -0.2) is 26.3 Å². The van der Waals surface area contributed by atoms with Gasteiger partial charge in [0, 0.05) is 12.7 Å². The van der Waals surface area contributed by atoms with Gasteiger partial charge in [-0.25, -0.2) is 4.79 Å². The lowest BCUT2D eigenvalue weighted by molar-refractivity contribution is -0.137. The summed E-state index contributed by atoms with van der Waals surface area (Å²) in [5.74, 6) is 0.560. The number of unbranched alkanes of at least 4 members (excludes halogenated alkanes) is 1. The zero-order valence-electron chi connectivity index (χ0n) is 12.1. The van der Waals surface area contributed by atoms with Crippen LogP contribution < -0.4 is 4.74 Å². The first-order valence-corrected chi connectivity index (χ1v) is 6.80. The van der Waals surface area contributed by atoms with E-state index in [4.69, 9.17) is 14.2 Å². The van der Waals surface area contributed by atoms with E-state index in [0.29, 0.717) is 19.8 Å². The van der Waals surface area contributed by atoms with Gasteiger partial charge in [-0.05, 0) is 37.5 Å². The van der Waals surface area contributed by atoms with E-state index < -0.39 is 0 Å². The van der Waals surface area contributed by atoms with E-state index in [1.807, 2.05) is 30.3 Å². The smallest absolute Gasteiger partial charge is 0.330 e. The number of carbonyl (C=O) groups is 1. The van der Waals surface area contributed by atoms with E-state index in [9.17, 15) is 4.79 Å². The fraction of sp³-hybridized carbons (Fsp3) is 0.438. The van der Waals surface area contributed by atoms with Crippen LogP contribution in [0.4, 0.5) is 0 Å². The van der Waals surface area contributed by atoms with Crippen molar-refractivity contribution in [1.29, 1.82) is 0 Å². The Balaban J connectivity index is 2.08. The van der Waals surface area contributed by atoms with Crippen molar-refractivity contribution in [1.82, 2.24) is 0 Å².